The first-order valence-corrected chi connectivity index (χ1v) is 6.50. The lowest BCUT2D eigenvalue weighted by molar-refractivity contribution is -0.384. The fourth-order valence-electron chi connectivity index (χ4n) is 1.90. The molecule has 2 N–H and O–H groups in total. The molecule has 0 aliphatic carbocycles. The number of nitrogens with one attached hydrogen (secondary N) is 2. The fraction of sp³-hybridized carbons (Fsp3) is 0.417. The molecule has 1 aliphatic rings. The lowest BCUT2D eigenvalue weighted by Crippen LogP contribution is -2.40. The minimum Gasteiger partial charge on any atom is -0.375 e. The number of nitro benzene ring substituents is 1. The number of ether oxygens (including phenoxy) is 1. The summed E-state index contributed by atoms with van der Waals surface area (Å²) in [6.45, 7) is 1.97. The Balaban J connectivity index is 1.96. The molecule has 1 saturated heterocycles. The van der Waals surface area contributed by atoms with Crippen molar-refractivity contribution in [3.05, 3.63) is 33.3 Å². The molecule has 1 aromatic rings. The average molecular weight is 300 g/mol. The first kappa shape index (κ1) is 14.7. The molecule has 20 heavy (non-hydrogen) atoms. The molecule has 1 aromatic carbocycles. The van der Waals surface area contributed by atoms with E-state index in [0.29, 0.717) is 18.8 Å². The number of morpholine rings is 1. The Labute approximate surface area is 120 Å². The van der Waals surface area contributed by atoms with Crippen LogP contribution >= 0.6 is 11.6 Å². The van der Waals surface area contributed by atoms with Crippen LogP contribution in [0.5, 0.6) is 0 Å². The van der Waals surface area contributed by atoms with Gasteiger partial charge in [0.1, 0.15) is 5.02 Å². The summed E-state index contributed by atoms with van der Waals surface area (Å²) in [4.78, 5) is 22.0. The Bertz CT molecular complexity index is 517. The van der Waals surface area contributed by atoms with Crippen LogP contribution in [0.4, 0.5) is 11.4 Å². The van der Waals surface area contributed by atoms with E-state index in [-0.39, 0.29) is 29.1 Å². The molecule has 108 valence electrons. The van der Waals surface area contributed by atoms with E-state index >= 15 is 0 Å². The summed E-state index contributed by atoms with van der Waals surface area (Å²) in [6.07, 6.45) is 0.0229. The zero-order chi connectivity index (χ0) is 14.5. The molecule has 0 radical (unpaired) electrons. The van der Waals surface area contributed by atoms with Crippen molar-refractivity contribution in [3.63, 3.8) is 0 Å². The van der Waals surface area contributed by atoms with Gasteiger partial charge in [-0.15, -0.1) is 0 Å². The van der Waals surface area contributed by atoms with Gasteiger partial charge in [0.15, 0.2) is 0 Å². The van der Waals surface area contributed by atoms with Crippen LogP contribution in [0.2, 0.25) is 5.02 Å². The van der Waals surface area contributed by atoms with Gasteiger partial charge in [-0.1, -0.05) is 11.6 Å². The van der Waals surface area contributed by atoms with Gasteiger partial charge in [0.25, 0.3) is 5.69 Å². The standard InChI is InChI=1S/C12H14ClN3O4/c13-10-2-1-8(5-11(10)16(18)19)15-12(17)6-9-7-14-3-4-20-9/h1-2,5,9,14H,3-4,6-7H2,(H,15,17). The number of rotatable bonds is 4. The van der Waals surface area contributed by atoms with Crippen molar-refractivity contribution in [1.29, 1.82) is 0 Å². The minimum atomic E-state index is -0.591. The summed E-state index contributed by atoms with van der Waals surface area (Å²) in [5, 5.41) is 16.5. The summed E-state index contributed by atoms with van der Waals surface area (Å²) >= 11 is 5.70. The molecule has 0 aromatic heterocycles. The summed E-state index contributed by atoms with van der Waals surface area (Å²) < 4.78 is 5.41. The molecule has 2 rings (SSSR count). The van der Waals surface area contributed by atoms with E-state index in [1.54, 1.807) is 0 Å². The van der Waals surface area contributed by atoms with Crippen LogP contribution in [0.25, 0.3) is 0 Å². The molecule has 0 bridgehead atoms. The van der Waals surface area contributed by atoms with Gasteiger partial charge >= 0.3 is 0 Å². The second-order valence-electron chi connectivity index (χ2n) is 4.37. The molecular formula is C12H14ClN3O4. The first-order valence-electron chi connectivity index (χ1n) is 6.12. The maximum atomic E-state index is 11.8. The molecule has 1 unspecified atom stereocenters. The van der Waals surface area contributed by atoms with E-state index in [0.717, 1.165) is 6.54 Å². The Morgan fingerprint density at radius 2 is 2.40 bits per heavy atom. The second-order valence-corrected chi connectivity index (χ2v) is 4.78. The van der Waals surface area contributed by atoms with Crippen molar-refractivity contribution in [3.8, 4) is 0 Å². The van der Waals surface area contributed by atoms with Gasteiger partial charge in [-0.05, 0) is 12.1 Å². The monoisotopic (exact) mass is 299 g/mol. The van der Waals surface area contributed by atoms with Gasteiger partial charge < -0.3 is 15.4 Å². The van der Waals surface area contributed by atoms with E-state index in [9.17, 15) is 14.9 Å². The Kier molecular flexibility index (Phi) is 4.89. The number of carbonyl (C=O) groups is 1. The maximum absolute atomic E-state index is 11.8. The number of amides is 1. The normalized spacial score (nSPS) is 18.6. The Hall–Kier alpha value is -1.70. The number of benzene rings is 1. The van der Waals surface area contributed by atoms with E-state index in [1.807, 2.05) is 0 Å². The van der Waals surface area contributed by atoms with E-state index in [2.05, 4.69) is 10.6 Å². The summed E-state index contributed by atoms with van der Waals surface area (Å²) in [5.74, 6) is -0.254. The lowest BCUT2D eigenvalue weighted by Gasteiger charge is -2.23. The van der Waals surface area contributed by atoms with Crippen LogP contribution in [0, 0.1) is 10.1 Å². The highest BCUT2D eigenvalue weighted by Gasteiger charge is 2.18. The van der Waals surface area contributed by atoms with Gasteiger partial charge in [-0.25, -0.2) is 0 Å². The number of hydrogen-bond donors (Lipinski definition) is 2. The number of nitrogens with zero attached hydrogens (tertiary/aromatic N) is 1. The van der Waals surface area contributed by atoms with Crippen LogP contribution in [0.1, 0.15) is 6.42 Å². The molecule has 1 heterocycles. The molecule has 1 aliphatic heterocycles. The molecule has 0 saturated carbocycles. The van der Waals surface area contributed by atoms with E-state index in [4.69, 9.17) is 16.3 Å². The first-order chi connectivity index (χ1) is 9.56. The van der Waals surface area contributed by atoms with Gasteiger partial charge in [-0.3, -0.25) is 14.9 Å². The van der Waals surface area contributed by atoms with Gasteiger partial charge in [-0.2, -0.15) is 0 Å². The largest absolute Gasteiger partial charge is 0.375 e. The predicted molar refractivity (Wildman–Crippen MR) is 74.0 cm³/mol. The quantitative estimate of drug-likeness (QED) is 0.650. The zero-order valence-corrected chi connectivity index (χ0v) is 11.4. The van der Waals surface area contributed by atoms with Crippen LogP contribution in [-0.2, 0) is 9.53 Å². The third kappa shape index (κ3) is 3.89. The maximum Gasteiger partial charge on any atom is 0.289 e. The highest BCUT2D eigenvalue weighted by molar-refractivity contribution is 6.32. The van der Waals surface area contributed by atoms with Crippen molar-refractivity contribution in [2.45, 2.75) is 12.5 Å². The topological polar surface area (TPSA) is 93.5 Å². The van der Waals surface area contributed by atoms with Crippen LogP contribution < -0.4 is 10.6 Å². The van der Waals surface area contributed by atoms with Gasteiger partial charge in [0.2, 0.25) is 5.91 Å². The summed E-state index contributed by atoms with van der Waals surface area (Å²) in [6, 6.07) is 4.14. The van der Waals surface area contributed by atoms with E-state index < -0.39 is 4.92 Å². The van der Waals surface area contributed by atoms with Crippen LogP contribution in [0.15, 0.2) is 18.2 Å². The van der Waals surface area contributed by atoms with Crippen molar-refractivity contribution >= 4 is 28.9 Å². The molecule has 1 amide bonds. The third-order valence-corrected chi connectivity index (χ3v) is 3.16. The SMILES string of the molecule is O=C(CC1CNCCO1)Nc1ccc(Cl)c([N+](=O)[O-])c1. The Morgan fingerprint density at radius 3 is 3.05 bits per heavy atom. The third-order valence-electron chi connectivity index (χ3n) is 2.84. The summed E-state index contributed by atoms with van der Waals surface area (Å²) in [5.41, 5.74) is 0.106. The molecule has 0 spiro atoms. The van der Waals surface area contributed by atoms with Crippen molar-refractivity contribution in [1.82, 2.24) is 5.32 Å². The number of nitro groups is 1. The van der Waals surface area contributed by atoms with Gasteiger partial charge in [0, 0.05) is 24.8 Å². The predicted octanol–water partition coefficient (Wildman–Crippen LogP) is 1.57. The second kappa shape index (κ2) is 6.65. The average Bonchev–Trinajstić information content (AvgIpc) is 2.41. The summed E-state index contributed by atoms with van der Waals surface area (Å²) in [7, 11) is 0. The van der Waals surface area contributed by atoms with Gasteiger partial charge in [0.05, 0.1) is 24.1 Å². The number of halogens is 1. The molecule has 1 fully saturated rings. The number of carbonyl (C=O) groups excluding carboxylic acids is 1. The van der Waals surface area contributed by atoms with Crippen molar-refractivity contribution < 1.29 is 14.5 Å². The zero-order valence-electron chi connectivity index (χ0n) is 10.6. The number of hydrogen-bond acceptors (Lipinski definition) is 5. The fourth-order valence-corrected chi connectivity index (χ4v) is 2.09. The van der Waals surface area contributed by atoms with Crippen molar-refractivity contribution in [2.75, 3.05) is 25.0 Å². The number of anilines is 1. The molecule has 1 atom stereocenters. The smallest absolute Gasteiger partial charge is 0.289 e. The molecule has 7 nitrogen and oxygen atoms in total. The Morgan fingerprint density at radius 1 is 1.60 bits per heavy atom. The highest BCUT2D eigenvalue weighted by atomic mass is 35.5. The molecular weight excluding hydrogens is 286 g/mol. The van der Waals surface area contributed by atoms with Crippen LogP contribution in [-0.4, -0.2) is 36.6 Å². The molecule has 8 heteroatoms. The van der Waals surface area contributed by atoms with E-state index in [1.165, 1.54) is 18.2 Å². The highest BCUT2D eigenvalue weighted by Crippen LogP contribution is 2.27. The van der Waals surface area contributed by atoms with Crippen molar-refractivity contribution in [2.24, 2.45) is 0 Å². The minimum absolute atomic E-state index is 0.0350. The lowest BCUT2D eigenvalue weighted by atomic mass is 10.2. The van der Waals surface area contributed by atoms with Crippen LogP contribution in [0.3, 0.4) is 0 Å².